The number of aryl methyl sites for hydroxylation is 1. The van der Waals surface area contributed by atoms with Gasteiger partial charge in [0.1, 0.15) is 7.05 Å². The molecular weight excluding hydrogens is 448 g/mol. The van der Waals surface area contributed by atoms with Crippen LogP contribution in [0.25, 0.3) is 50.5 Å². The second-order valence-corrected chi connectivity index (χ2v) is 9.25. The van der Waals surface area contributed by atoms with E-state index in [1.54, 1.807) is 0 Å². The fourth-order valence-electron chi connectivity index (χ4n) is 4.81. The quantitative estimate of drug-likeness (QED) is 0.228. The third-order valence-electron chi connectivity index (χ3n) is 6.75. The lowest BCUT2D eigenvalue weighted by Gasteiger charge is -2.12. The van der Waals surface area contributed by atoms with Gasteiger partial charge in [0.25, 0.3) is 0 Å². The minimum Gasteiger partial charge on any atom is -0.207 e. The predicted octanol–water partition coefficient (Wildman–Crippen LogP) is 7.46. The highest BCUT2D eigenvalue weighted by atomic mass is 15.0. The molecule has 0 bridgehead atoms. The molecule has 2 aromatic heterocycles. The summed E-state index contributed by atoms with van der Waals surface area (Å²) < 4.78 is 4.43. The van der Waals surface area contributed by atoms with Crippen LogP contribution in [0, 0.1) is 0 Å². The maximum atomic E-state index is 2.37. The smallest absolute Gasteiger partial charge is 0.207 e. The van der Waals surface area contributed by atoms with Crippen molar-refractivity contribution in [3.8, 4) is 50.5 Å². The summed E-state index contributed by atoms with van der Waals surface area (Å²) in [5, 5.41) is 0. The number of aromatic nitrogens is 2. The van der Waals surface area contributed by atoms with Gasteiger partial charge in [-0.15, -0.1) is 0 Å². The molecule has 0 aliphatic carbocycles. The first-order valence-electron chi connectivity index (χ1n) is 12.6. The molecule has 6 aromatic rings. The first kappa shape index (κ1) is 22.6. The van der Waals surface area contributed by atoms with Gasteiger partial charge in [-0.2, -0.15) is 4.57 Å². The van der Waals surface area contributed by atoms with Crippen molar-refractivity contribution in [3.63, 3.8) is 0 Å². The number of nitrogens with zero attached hydrogens (tertiary/aromatic N) is 2. The molecule has 0 fully saturated rings. The summed E-state index contributed by atoms with van der Waals surface area (Å²) in [5.74, 6) is 0. The van der Waals surface area contributed by atoms with Crippen LogP contribution in [0.3, 0.4) is 0 Å². The van der Waals surface area contributed by atoms with Gasteiger partial charge in [0, 0.05) is 23.3 Å². The molecule has 2 heteroatoms. The molecule has 0 saturated heterocycles. The third kappa shape index (κ3) is 4.70. The Bertz CT molecular complexity index is 1560. The predicted molar refractivity (Wildman–Crippen MR) is 151 cm³/mol. The largest absolute Gasteiger partial charge is 0.223 e. The van der Waals surface area contributed by atoms with Crippen molar-refractivity contribution in [2.75, 3.05) is 0 Å². The van der Waals surface area contributed by atoms with Crippen LogP contribution in [0.4, 0.5) is 0 Å². The lowest BCUT2D eigenvalue weighted by molar-refractivity contribution is -0.673. The van der Waals surface area contributed by atoms with Crippen molar-refractivity contribution in [1.82, 2.24) is 0 Å². The molecule has 0 N–H and O–H groups in total. The Morgan fingerprint density at radius 3 is 1.22 bits per heavy atom. The summed E-state index contributed by atoms with van der Waals surface area (Å²) >= 11 is 0. The molecule has 0 radical (unpaired) electrons. The molecule has 0 amide bonds. The maximum Gasteiger partial charge on any atom is 0.223 e. The Hall–Kier alpha value is -4.82. The molecule has 0 spiro atoms. The first-order valence-corrected chi connectivity index (χ1v) is 12.6. The second kappa shape index (κ2) is 10.0. The van der Waals surface area contributed by atoms with Gasteiger partial charge in [-0.3, -0.25) is 0 Å². The molecule has 4 aromatic carbocycles. The van der Waals surface area contributed by atoms with Crippen LogP contribution >= 0.6 is 0 Å². The normalized spacial score (nSPS) is 10.8. The molecule has 0 unspecified atom stereocenters. The molecule has 176 valence electrons. The number of rotatable bonds is 5. The van der Waals surface area contributed by atoms with Crippen LogP contribution in [-0.4, -0.2) is 0 Å². The molecule has 37 heavy (non-hydrogen) atoms. The summed E-state index contributed by atoms with van der Waals surface area (Å²) in [5.41, 5.74) is 10.6. The Morgan fingerprint density at radius 1 is 0.378 bits per heavy atom. The topological polar surface area (TPSA) is 7.76 Å². The molecule has 0 saturated carbocycles. The molecule has 0 atom stereocenters. The highest BCUT2D eigenvalue weighted by Crippen LogP contribution is 2.31. The van der Waals surface area contributed by atoms with E-state index >= 15 is 0 Å². The fourth-order valence-corrected chi connectivity index (χ4v) is 4.81. The van der Waals surface area contributed by atoms with E-state index in [-0.39, 0.29) is 0 Å². The van der Waals surface area contributed by atoms with Gasteiger partial charge < -0.3 is 0 Å². The van der Waals surface area contributed by atoms with Crippen molar-refractivity contribution in [1.29, 1.82) is 0 Å². The lowest BCUT2D eigenvalue weighted by atomic mass is 9.97. The first-order chi connectivity index (χ1) is 18.3. The maximum absolute atomic E-state index is 2.37. The van der Waals surface area contributed by atoms with E-state index in [1.165, 1.54) is 33.4 Å². The Balaban J connectivity index is 1.59. The van der Waals surface area contributed by atoms with Crippen LogP contribution in [0.15, 0.2) is 152 Å². The SMILES string of the molecule is C[n+]1ccc(-[n+]2c(-c3ccccc3)cc(-c3ccc(-c4ccccc4)cc3)cc2-c2ccccc2)cc1. The molecular formula is C35H28N2+2. The van der Waals surface area contributed by atoms with E-state index in [9.17, 15) is 0 Å². The van der Waals surface area contributed by atoms with Gasteiger partial charge in [0.15, 0.2) is 12.4 Å². The van der Waals surface area contributed by atoms with Crippen molar-refractivity contribution < 1.29 is 9.13 Å². The number of hydrogen-bond donors (Lipinski definition) is 0. The van der Waals surface area contributed by atoms with Crippen molar-refractivity contribution in [3.05, 3.63) is 152 Å². The average molecular weight is 477 g/mol. The van der Waals surface area contributed by atoms with Crippen LogP contribution in [0.2, 0.25) is 0 Å². The minimum atomic E-state index is 1.13. The molecule has 0 aliphatic rings. The second-order valence-electron chi connectivity index (χ2n) is 9.25. The van der Waals surface area contributed by atoms with E-state index in [0.29, 0.717) is 0 Å². The van der Waals surface area contributed by atoms with Crippen molar-refractivity contribution in [2.45, 2.75) is 0 Å². The highest BCUT2D eigenvalue weighted by molar-refractivity contribution is 5.76. The summed E-state index contributed by atoms with van der Waals surface area (Å²) in [6.45, 7) is 0. The zero-order valence-electron chi connectivity index (χ0n) is 20.8. The summed E-state index contributed by atoms with van der Waals surface area (Å²) in [6, 6.07) is 49.7. The van der Waals surface area contributed by atoms with Gasteiger partial charge in [0.05, 0.1) is 12.1 Å². The minimum absolute atomic E-state index is 1.13. The Morgan fingerprint density at radius 2 is 0.757 bits per heavy atom. The number of benzene rings is 4. The van der Waals surface area contributed by atoms with E-state index in [0.717, 1.165) is 17.1 Å². The van der Waals surface area contributed by atoms with Crippen molar-refractivity contribution >= 4 is 0 Å². The van der Waals surface area contributed by atoms with E-state index < -0.39 is 0 Å². The van der Waals surface area contributed by atoms with E-state index in [2.05, 4.69) is 161 Å². The van der Waals surface area contributed by atoms with Crippen LogP contribution < -0.4 is 9.13 Å². The summed E-state index contributed by atoms with van der Waals surface area (Å²) in [6.07, 6.45) is 4.20. The zero-order valence-corrected chi connectivity index (χ0v) is 20.8. The van der Waals surface area contributed by atoms with Gasteiger partial charge in [-0.05, 0) is 46.5 Å². The number of pyridine rings is 2. The number of hydrogen-bond acceptors (Lipinski definition) is 0. The summed E-state index contributed by atoms with van der Waals surface area (Å²) in [4.78, 5) is 0. The summed E-state index contributed by atoms with van der Waals surface area (Å²) in [7, 11) is 2.05. The van der Waals surface area contributed by atoms with Crippen LogP contribution in [0.5, 0.6) is 0 Å². The fraction of sp³-hybridized carbons (Fsp3) is 0.0286. The average Bonchev–Trinajstić information content (AvgIpc) is 2.98. The molecule has 6 rings (SSSR count). The third-order valence-corrected chi connectivity index (χ3v) is 6.75. The Kier molecular flexibility index (Phi) is 6.14. The van der Waals surface area contributed by atoms with Crippen LogP contribution in [0.1, 0.15) is 0 Å². The van der Waals surface area contributed by atoms with E-state index in [1.807, 2.05) is 7.05 Å². The molecule has 0 aliphatic heterocycles. The van der Waals surface area contributed by atoms with Gasteiger partial charge in [0.2, 0.25) is 17.1 Å². The highest BCUT2D eigenvalue weighted by Gasteiger charge is 2.25. The monoisotopic (exact) mass is 476 g/mol. The van der Waals surface area contributed by atoms with E-state index in [4.69, 9.17) is 0 Å². The van der Waals surface area contributed by atoms with Gasteiger partial charge in [-0.25, -0.2) is 4.57 Å². The zero-order chi connectivity index (χ0) is 25.0. The molecule has 2 heterocycles. The van der Waals surface area contributed by atoms with Crippen LogP contribution in [-0.2, 0) is 7.05 Å². The molecule has 2 nitrogen and oxygen atoms in total. The van der Waals surface area contributed by atoms with Crippen molar-refractivity contribution in [2.24, 2.45) is 7.05 Å². The Labute approximate surface area is 218 Å². The van der Waals surface area contributed by atoms with Gasteiger partial charge >= 0.3 is 0 Å². The standard InChI is InChI=1S/C35H28N2/c1-36-23-21-33(22-24-36)37-34(30-13-7-3-8-14-30)25-32(26-35(37)31-15-9-4-10-16-31)29-19-17-28(18-20-29)27-11-5-2-6-12-27/h2-26H,1H3/q+2. The van der Waals surface area contributed by atoms with Gasteiger partial charge in [-0.1, -0.05) is 91.0 Å². The lowest BCUT2D eigenvalue weighted by Crippen LogP contribution is -2.38.